The fraction of sp³-hybridized carbons (Fsp3) is 0.250. The lowest BCUT2D eigenvalue weighted by molar-refractivity contribution is 0.402. The van der Waals surface area contributed by atoms with Gasteiger partial charge in [-0.25, -0.2) is 4.98 Å². The lowest BCUT2D eigenvalue weighted by Gasteiger charge is -2.05. The predicted octanol–water partition coefficient (Wildman–Crippen LogP) is 3.63. The molecule has 1 aromatic heterocycles. The largest absolute Gasteiger partial charge is 0.303 e. The first-order valence-corrected chi connectivity index (χ1v) is 6.68. The maximum Gasteiger partial charge on any atom is 0.107 e. The van der Waals surface area contributed by atoms with Gasteiger partial charge in [0, 0.05) is 22.0 Å². The Morgan fingerprint density at radius 1 is 1.31 bits per heavy atom. The molecule has 2 rings (SSSR count). The summed E-state index contributed by atoms with van der Waals surface area (Å²) in [7, 11) is 4.11. The Bertz CT molecular complexity index is 479. The molecular weight excluding hydrogens is 284 g/mol. The highest BCUT2D eigenvalue weighted by Crippen LogP contribution is 2.28. The SMILES string of the molecule is CN(C)Cc1nc(-c2ccccc2Br)cs1. The molecule has 0 saturated heterocycles. The van der Waals surface area contributed by atoms with Crippen LogP contribution in [0.5, 0.6) is 0 Å². The van der Waals surface area contributed by atoms with Crippen molar-refractivity contribution in [3.63, 3.8) is 0 Å². The molecule has 16 heavy (non-hydrogen) atoms. The number of thiazole rings is 1. The molecule has 1 heterocycles. The van der Waals surface area contributed by atoms with E-state index in [4.69, 9.17) is 0 Å². The smallest absolute Gasteiger partial charge is 0.107 e. The summed E-state index contributed by atoms with van der Waals surface area (Å²) in [5, 5.41) is 3.26. The van der Waals surface area contributed by atoms with E-state index >= 15 is 0 Å². The van der Waals surface area contributed by atoms with Crippen LogP contribution in [0.4, 0.5) is 0 Å². The van der Waals surface area contributed by atoms with Crippen LogP contribution in [0.1, 0.15) is 5.01 Å². The minimum Gasteiger partial charge on any atom is -0.303 e. The van der Waals surface area contributed by atoms with Crippen molar-refractivity contribution in [1.82, 2.24) is 9.88 Å². The molecule has 0 amide bonds. The van der Waals surface area contributed by atoms with E-state index in [1.807, 2.05) is 18.2 Å². The van der Waals surface area contributed by atoms with Crippen LogP contribution in [0.3, 0.4) is 0 Å². The van der Waals surface area contributed by atoms with Crippen molar-refractivity contribution >= 4 is 27.3 Å². The molecule has 0 spiro atoms. The average molecular weight is 297 g/mol. The molecule has 2 aromatic rings. The third kappa shape index (κ3) is 2.70. The Hall–Kier alpha value is -0.710. The van der Waals surface area contributed by atoms with Crippen LogP contribution < -0.4 is 0 Å². The molecule has 0 unspecified atom stereocenters. The van der Waals surface area contributed by atoms with Crippen LogP contribution in [-0.4, -0.2) is 24.0 Å². The van der Waals surface area contributed by atoms with Crippen molar-refractivity contribution in [2.75, 3.05) is 14.1 Å². The van der Waals surface area contributed by atoms with Crippen molar-refractivity contribution in [2.45, 2.75) is 6.54 Å². The van der Waals surface area contributed by atoms with Gasteiger partial charge < -0.3 is 4.90 Å². The summed E-state index contributed by atoms with van der Waals surface area (Å²) in [5.41, 5.74) is 2.21. The Morgan fingerprint density at radius 3 is 2.75 bits per heavy atom. The molecule has 84 valence electrons. The Morgan fingerprint density at radius 2 is 2.06 bits per heavy atom. The molecule has 0 aliphatic rings. The van der Waals surface area contributed by atoms with Crippen LogP contribution in [0, 0.1) is 0 Å². The molecule has 0 aliphatic carbocycles. The number of benzene rings is 1. The molecule has 0 bridgehead atoms. The molecule has 0 radical (unpaired) electrons. The van der Waals surface area contributed by atoms with Gasteiger partial charge in [0.15, 0.2) is 0 Å². The minimum atomic E-state index is 0.898. The molecule has 0 saturated carbocycles. The summed E-state index contributed by atoms with van der Waals surface area (Å²) in [4.78, 5) is 6.76. The van der Waals surface area contributed by atoms with Gasteiger partial charge in [0.2, 0.25) is 0 Å². The van der Waals surface area contributed by atoms with Crippen LogP contribution in [0.2, 0.25) is 0 Å². The predicted molar refractivity (Wildman–Crippen MR) is 72.6 cm³/mol. The summed E-state index contributed by atoms with van der Waals surface area (Å²) in [5.74, 6) is 0. The second-order valence-electron chi connectivity index (χ2n) is 3.84. The van der Waals surface area contributed by atoms with Crippen LogP contribution in [0.25, 0.3) is 11.3 Å². The van der Waals surface area contributed by atoms with E-state index in [-0.39, 0.29) is 0 Å². The lowest BCUT2D eigenvalue weighted by atomic mass is 10.2. The summed E-state index contributed by atoms with van der Waals surface area (Å²) in [6.45, 7) is 0.898. The first-order chi connectivity index (χ1) is 7.66. The van der Waals surface area contributed by atoms with Gasteiger partial charge in [-0.1, -0.05) is 34.1 Å². The Labute approximate surface area is 108 Å². The number of aromatic nitrogens is 1. The number of nitrogens with zero attached hydrogens (tertiary/aromatic N) is 2. The van der Waals surface area contributed by atoms with Crippen molar-refractivity contribution < 1.29 is 0 Å². The first-order valence-electron chi connectivity index (χ1n) is 5.01. The van der Waals surface area contributed by atoms with Gasteiger partial charge in [-0.05, 0) is 20.2 Å². The quantitative estimate of drug-likeness (QED) is 0.860. The Balaban J connectivity index is 2.28. The van der Waals surface area contributed by atoms with Crippen LogP contribution >= 0.6 is 27.3 Å². The number of halogens is 1. The van der Waals surface area contributed by atoms with Crippen LogP contribution in [-0.2, 0) is 6.54 Å². The molecule has 4 heteroatoms. The summed E-state index contributed by atoms with van der Waals surface area (Å²) in [6.07, 6.45) is 0. The highest BCUT2D eigenvalue weighted by Gasteiger charge is 2.07. The zero-order valence-electron chi connectivity index (χ0n) is 9.27. The van der Waals surface area contributed by atoms with E-state index in [0.29, 0.717) is 0 Å². The molecule has 0 fully saturated rings. The monoisotopic (exact) mass is 296 g/mol. The summed E-state index contributed by atoms with van der Waals surface area (Å²) >= 11 is 5.26. The maximum absolute atomic E-state index is 4.63. The highest BCUT2D eigenvalue weighted by atomic mass is 79.9. The zero-order valence-corrected chi connectivity index (χ0v) is 11.7. The van der Waals surface area contributed by atoms with E-state index in [0.717, 1.165) is 27.3 Å². The van der Waals surface area contributed by atoms with Gasteiger partial charge >= 0.3 is 0 Å². The second-order valence-corrected chi connectivity index (χ2v) is 5.64. The Kier molecular flexibility index (Phi) is 3.74. The fourth-order valence-corrected chi connectivity index (χ4v) is 2.85. The third-order valence-corrected chi connectivity index (χ3v) is 3.68. The van der Waals surface area contributed by atoms with Gasteiger partial charge in [-0.15, -0.1) is 11.3 Å². The van der Waals surface area contributed by atoms with Gasteiger partial charge in [-0.2, -0.15) is 0 Å². The summed E-state index contributed by atoms with van der Waals surface area (Å²) in [6, 6.07) is 8.17. The third-order valence-electron chi connectivity index (χ3n) is 2.15. The molecular formula is C12H13BrN2S. The second kappa shape index (κ2) is 5.08. The minimum absolute atomic E-state index is 0.898. The highest BCUT2D eigenvalue weighted by molar-refractivity contribution is 9.10. The van der Waals surface area contributed by atoms with Gasteiger partial charge in [0.1, 0.15) is 5.01 Å². The molecule has 1 aromatic carbocycles. The van der Waals surface area contributed by atoms with Crippen molar-refractivity contribution in [1.29, 1.82) is 0 Å². The molecule has 0 aliphatic heterocycles. The zero-order chi connectivity index (χ0) is 11.5. The standard InChI is InChI=1S/C12H13BrN2S/c1-15(2)7-12-14-11(8-16-12)9-5-3-4-6-10(9)13/h3-6,8H,7H2,1-2H3. The molecule has 0 atom stereocenters. The number of hydrogen-bond acceptors (Lipinski definition) is 3. The number of rotatable bonds is 3. The molecule has 2 nitrogen and oxygen atoms in total. The number of hydrogen-bond donors (Lipinski definition) is 0. The van der Waals surface area contributed by atoms with Crippen molar-refractivity contribution in [3.8, 4) is 11.3 Å². The maximum atomic E-state index is 4.63. The van der Waals surface area contributed by atoms with Crippen molar-refractivity contribution in [3.05, 3.63) is 39.1 Å². The van der Waals surface area contributed by atoms with E-state index in [1.54, 1.807) is 11.3 Å². The van der Waals surface area contributed by atoms with E-state index in [1.165, 1.54) is 0 Å². The first kappa shape index (κ1) is 11.8. The van der Waals surface area contributed by atoms with E-state index < -0.39 is 0 Å². The van der Waals surface area contributed by atoms with E-state index in [2.05, 4.69) is 51.4 Å². The lowest BCUT2D eigenvalue weighted by Crippen LogP contribution is -2.10. The van der Waals surface area contributed by atoms with E-state index in [9.17, 15) is 0 Å². The van der Waals surface area contributed by atoms with Crippen LogP contribution in [0.15, 0.2) is 34.1 Å². The van der Waals surface area contributed by atoms with Gasteiger partial charge in [-0.3, -0.25) is 0 Å². The molecule has 0 N–H and O–H groups in total. The summed E-state index contributed by atoms with van der Waals surface area (Å²) < 4.78 is 1.09. The van der Waals surface area contributed by atoms with Gasteiger partial charge in [0.25, 0.3) is 0 Å². The fourth-order valence-electron chi connectivity index (χ4n) is 1.45. The normalized spacial score (nSPS) is 11.0. The van der Waals surface area contributed by atoms with Crippen molar-refractivity contribution in [2.24, 2.45) is 0 Å². The van der Waals surface area contributed by atoms with Gasteiger partial charge in [0.05, 0.1) is 5.69 Å². The topological polar surface area (TPSA) is 16.1 Å². The average Bonchev–Trinajstić information content (AvgIpc) is 2.66.